The minimum Gasteiger partial charge on any atom is -0.323 e. The fraction of sp³-hybridized carbons (Fsp3) is 0.278. The molecule has 0 fully saturated rings. The number of sulfonamides is 1. The molecule has 0 saturated carbocycles. The highest BCUT2D eigenvalue weighted by Crippen LogP contribution is 2.28. The Morgan fingerprint density at radius 2 is 1.93 bits per heavy atom. The fourth-order valence-corrected chi connectivity index (χ4v) is 4.57. The Bertz CT molecular complexity index is 979. The third-order valence-corrected chi connectivity index (χ3v) is 6.03. The van der Waals surface area contributed by atoms with Gasteiger partial charge in [0.1, 0.15) is 6.04 Å². The Hall–Kier alpha value is -2.59. The van der Waals surface area contributed by atoms with Crippen LogP contribution in [0.5, 0.6) is 0 Å². The molecule has 0 aliphatic heterocycles. The number of nitro benzene ring substituents is 1. The Kier molecular flexibility index (Phi) is 7.03. The summed E-state index contributed by atoms with van der Waals surface area (Å²) in [6, 6.07) is 11.3. The number of non-ortho nitro benzene ring substituents is 1. The van der Waals surface area contributed by atoms with Crippen molar-refractivity contribution in [1.82, 2.24) is 0 Å². The van der Waals surface area contributed by atoms with Gasteiger partial charge >= 0.3 is 0 Å². The number of hydrogen-bond acceptors (Lipinski definition) is 6. The molecular weight excluding hydrogens is 402 g/mol. The van der Waals surface area contributed by atoms with Crippen molar-refractivity contribution in [3.63, 3.8) is 0 Å². The Balaban J connectivity index is 2.36. The number of nitrogens with zero attached hydrogens (tertiary/aromatic N) is 2. The number of rotatable bonds is 8. The fourth-order valence-electron chi connectivity index (χ4n) is 2.64. The van der Waals surface area contributed by atoms with Gasteiger partial charge in [0.2, 0.25) is 15.9 Å². The lowest BCUT2D eigenvalue weighted by Crippen LogP contribution is -2.45. The Labute approximate surface area is 168 Å². The van der Waals surface area contributed by atoms with Crippen molar-refractivity contribution >= 4 is 44.8 Å². The van der Waals surface area contributed by atoms with Crippen LogP contribution in [0.15, 0.2) is 53.4 Å². The molecule has 0 aliphatic rings. The maximum atomic E-state index is 12.8. The molecule has 2 aromatic carbocycles. The summed E-state index contributed by atoms with van der Waals surface area (Å²) < 4.78 is 25.6. The summed E-state index contributed by atoms with van der Waals surface area (Å²) in [5, 5.41) is 13.8. The number of thioether (sulfide) groups is 1. The van der Waals surface area contributed by atoms with E-state index in [-0.39, 0.29) is 11.4 Å². The van der Waals surface area contributed by atoms with Crippen LogP contribution in [0.1, 0.15) is 13.8 Å². The standard InChI is InChI=1S/C18H21N3O5S2/c1-4-27-17-11-6-5-10-16(17)19-18(22)13(2)20(28(3,25)26)14-8-7-9-15(12-14)21(23)24/h5-13H,4H2,1-3H3,(H,19,22)/t13-/m0/s1. The van der Waals surface area contributed by atoms with Crippen LogP contribution < -0.4 is 9.62 Å². The maximum absolute atomic E-state index is 12.8. The predicted octanol–water partition coefficient (Wildman–Crippen LogP) is 3.50. The molecule has 2 rings (SSSR count). The predicted molar refractivity (Wildman–Crippen MR) is 111 cm³/mol. The molecule has 28 heavy (non-hydrogen) atoms. The molecule has 0 saturated heterocycles. The van der Waals surface area contributed by atoms with Gasteiger partial charge in [-0.3, -0.25) is 19.2 Å². The molecule has 0 aromatic heterocycles. The van der Waals surface area contributed by atoms with Crippen LogP contribution in [0, 0.1) is 10.1 Å². The second kappa shape index (κ2) is 9.07. The number of benzene rings is 2. The van der Waals surface area contributed by atoms with E-state index in [1.807, 2.05) is 19.1 Å². The monoisotopic (exact) mass is 423 g/mol. The van der Waals surface area contributed by atoms with Crippen molar-refractivity contribution in [2.75, 3.05) is 21.6 Å². The summed E-state index contributed by atoms with van der Waals surface area (Å²) >= 11 is 1.55. The van der Waals surface area contributed by atoms with Crippen molar-refractivity contribution < 1.29 is 18.1 Å². The highest BCUT2D eigenvalue weighted by molar-refractivity contribution is 7.99. The highest BCUT2D eigenvalue weighted by atomic mass is 32.2. The molecule has 0 spiro atoms. The van der Waals surface area contributed by atoms with Gasteiger partial charge in [0.25, 0.3) is 5.69 Å². The molecule has 0 radical (unpaired) electrons. The largest absolute Gasteiger partial charge is 0.323 e. The van der Waals surface area contributed by atoms with Gasteiger partial charge in [0.05, 0.1) is 22.6 Å². The molecule has 150 valence electrons. The zero-order valence-electron chi connectivity index (χ0n) is 15.7. The van der Waals surface area contributed by atoms with Crippen LogP contribution >= 0.6 is 11.8 Å². The normalized spacial score (nSPS) is 12.2. The van der Waals surface area contributed by atoms with E-state index in [0.29, 0.717) is 5.69 Å². The first-order chi connectivity index (χ1) is 13.1. The number of anilines is 2. The molecule has 1 atom stereocenters. The van der Waals surface area contributed by atoms with Crippen molar-refractivity contribution in [3.8, 4) is 0 Å². The lowest BCUT2D eigenvalue weighted by Gasteiger charge is -2.28. The van der Waals surface area contributed by atoms with Crippen LogP contribution in [0.25, 0.3) is 0 Å². The minimum atomic E-state index is -3.87. The van der Waals surface area contributed by atoms with E-state index in [0.717, 1.165) is 27.3 Å². The van der Waals surface area contributed by atoms with E-state index in [2.05, 4.69) is 5.32 Å². The van der Waals surface area contributed by atoms with Gasteiger partial charge in [0.15, 0.2) is 0 Å². The number of carbonyl (C=O) groups is 1. The minimum absolute atomic E-state index is 0.0515. The van der Waals surface area contributed by atoms with Gasteiger partial charge in [-0.1, -0.05) is 25.1 Å². The van der Waals surface area contributed by atoms with E-state index in [1.165, 1.54) is 25.1 Å². The van der Waals surface area contributed by atoms with Gasteiger partial charge in [-0.2, -0.15) is 0 Å². The summed E-state index contributed by atoms with van der Waals surface area (Å²) in [5.74, 6) is 0.270. The molecule has 8 nitrogen and oxygen atoms in total. The first-order valence-corrected chi connectivity index (χ1v) is 11.2. The molecule has 1 amide bonds. The van der Waals surface area contributed by atoms with Crippen LogP contribution in [0.2, 0.25) is 0 Å². The number of amides is 1. The smallest absolute Gasteiger partial charge is 0.271 e. The molecular formula is C18H21N3O5S2. The van der Waals surface area contributed by atoms with Crippen LogP contribution in [0.4, 0.5) is 17.1 Å². The summed E-state index contributed by atoms with van der Waals surface area (Å²) in [6.45, 7) is 3.42. The number of carbonyl (C=O) groups excluding carboxylic acids is 1. The van der Waals surface area contributed by atoms with Crippen LogP contribution in [-0.4, -0.2) is 37.3 Å². The molecule has 2 aromatic rings. The first kappa shape index (κ1) is 21.7. The molecule has 0 unspecified atom stereocenters. The average Bonchev–Trinajstić information content (AvgIpc) is 2.62. The summed E-state index contributed by atoms with van der Waals surface area (Å²) in [7, 11) is -3.87. The quantitative estimate of drug-likeness (QED) is 0.395. The zero-order valence-corrected chi connectivity index (χ0v) is 17.3. The van der Waals surface area contributed by atoms with Gasteiger partial charge in [-0.25, -0.2) is 8.42 Å². The van der Waals surface area contributed by atoms with Crippen LogP contribution in [-0.2, 0) is 14.8 Å². The lowest BCUT2D eigenvalue weighted by molar-refractivity contribution is -0.384. The van der Waals surface area contributed by atoms with E-state index in [4.69, 9.17) is 0 Å². The SMILES string of the molecule is CCSc1ccccc1NC(=O)[C@H](C)N(c1cccc([N+](=O)[O-])c1)S(C)(=O)=O. The molecule has 0 aliphatic carbocycles. The molecule has 1 N–H and O–H groups in total. The third-order valence-electron chi connectivity index (χ3n) is 3.83. The highest BCUT2D eigenvalue weighted by Gasteiger charge is 2.30. The van der Waals surface area contributed by atoms with Gasteiger partial charge in [0, 0.05) is 17.0 Å². The van der Waals surface area contributed by atoms with E-state index in [1.54, 1.807) is 23.9 Å². The van der Waals surface area contributed by atoms with Crippen molar-refractivity contribution in [2.45, 2.75) is 24.8 Å². The zero-order chi connectivity index (χ0) is 20.9. The third kappa shape index (κ3) is 5.23. The first-order valence-electron chi connectivity index (χ1n) is 8.41. The van der Waals surface area contributed by atoms with E-state index in [9.17, 15) is 23.3 Å². The molecule has 0 heterocycles. The average molecular weight is 424 g/mol. The second-order valence-electron chi connectivity index (χ2n) is 5.93. The van der Waals surface area contributed by atoms with Gasteiger partial charge < -0.3 is 5.32 Å². The van der Waals surface area contributed by atoms with Crippen molar-refractivity contribution in [3.05, 3.63) is 58.6 Å². The maximum Gasteiger partial charge on any atom is 0.271 e. The number of hydrogen-bond donors (Lipinski definition) is 1. The number of nitro groups is 1. The lowest BCUT2D eigenvalue weighted by atomic mass is 10.2. The number of para-hydroxylation sites is 1. The summed E-state index contributed by atoms with van der Waals surface area (Å²) in [6.07, 6.45) is 0.955. The summed E-state index contributed by atoms with van der Waals surface area (Å²) in [4.78, 5) is 24.1. The van der Waals surface area contributed by atoms with Gasteiger partial charge in [-0.05, 0) is 30.9 Å². The van der Waals surface area contributed by atoms with Crippen molar-refractivity contribution in [2.24, 2.45) is 0 Å². The van der Waals surface area contributed by atoms with Crippen molar-refractivity contribution in [1.29, 1.82) is 0 Å². The van der Waals surface area contributed by atoms with Gasteiger partial charge in [-0.15, -0.1) is 11.8 Å². The van der Waals surface area contributed by atoms with E-state index < -0.39 is 26.9 Å². The Morgan fingerprint density at radius 3 is 2.54 bits per heavy atom. The summed E-state index contributed by atoms with van der Waals surface area (Å²) in [5.41, 5.74) is 0.373. The second-order valence-corrected chi connectivity index (χ2v) is 9.10. The molecule has 0 bridgehead atoms. The van der Waals surface area contributed by atoms with Crippen LogP contribution in [0.3, 0.4) is 0 Å². The molecule has 10 heteroatoms. The van der Waals surface area contributed by atoms with E-state index >= 15 is 0 Å². The topological polar surface area (TPSA) is 110 Å². The number of nitrogens with one attached hydrogen (secondary N) is 1. The Morgan fingerprint density at radius 1 is 1.25 bits per heavy atom.